The van der Waals surface area contributed by atoms with Crippen molar-refractivity contribution in [3.63, 3.8) is 0 Å². The molecule has 0 N–H and O–H groups in total. The summed E-state index contributed by atoms with van der Waals surface area (Å²) in [6.07, 6.45) is 3.42. The van der Waals surface area contributed by atoms with Crippen molar-refractivity contribution in [2.75, 3.05) is 31.1 Å². The molecule has 0 bridgehead atoms. The largest absolute Gasteiger partial charge is 0.337 e. The first-order valence-electron chi connectivity index (χ1n) is 9.00. The van der Waals surface area contributed by atoms with E-state index < -0.39 is 6.04 Å². The predicted octanol–water partition coefficient (Wildman–Crippen LogP) is 1.64. The molecule has 1 fully saturated rings. The summed E-state index contributed by atoms with van der Waals surface area (Å²) < 4.78 is 0. The van der Waals surface area contributed by atoms with Crippen molar-refractivity contribution in [2.24, 2.45) is 0 Å². The lowest BCUT2D eigenvalue weighted by Gasteiger charge is -2.37. The van der Waals surface area contributed by atoms with Crippen molar-refractivity contribution < 1.29 is 9.59 Å². The number of fused-ring (bicyclic) bond motifs is 1. The van der Waals surface area contributed by atoms with Gasteiger partial charge in [0.15, 0.2) is 0 Å². The zero-order valence-corrected chi connectivity index (χ0v) is 15.2. The standard InChI is InChI=1S/C20H21N5O2/c1-14-16-6-3-4-7-17(16)19(27)25(14)15(2)18(26)23-10-12-24(13-11-23)20-21-8-5-9-22-20/h3-9,15H,1,10-13H2,2H3/t15-/m0/s1. The fourth-order valence-electron chi connectivity index (χ4n) is 3.67. The summed E-state index contributed by atoms with van der Waals surface area (Å²) in [5, 5.41) is 0. The Labute approximate surface area is 157 Å². The molecule has 2 aromatic rings. The van der Waals surface area contributed by atoms with Crippen LogP contribution in [0.2, 0.25) is 0 Å². The van der Waals surface area contributed by atoms with Crippen molar-refractivity contribution in [3.05, 3.63) is 60.4 Å². The van der Waals surface area contributed by atoms with E-state index in [0.717, 1.165) is 5.56 Å². The maximum atomic E-state index is 13.0. The maximum Gasteiger partial charge on any atom is 0.259 e. The predicted molar refractivity (Wildman–Crippen MR) is 102 cm³/mol. The van der Waals surface area contributed by atoms with E-state index in [1.54, 1.807) is 36.4 Å². The molecule has 1 saturated heterocycles. The van der Waals surface area contributed by atoms with Crippen LogP contribution in [0.15, 0.2) is 49.3 Å². The number of benzene rings is 1. The second-order valence-electron chi connectivity index (χ2n) is 6.70. The highest BCUT2D eigenvalue weighted by Crippen LogP contribution is 2.33. The molecule has 2 aliphatic heterocycles. The fourth-order valence-corrected chi connectivity index (χ4v) is 3.67. The molecular weight excluding hydrogens is 342 g/mol. The van der Waals surface area contributed by atoms with Crippen LogP contribution in [0.3, 0.4) is 0 Å². The number of amides is 2. The van der Waals surface area contributed by atoms with Gasteiger partial charge in [0, 0.05) is 55.4 Å². The molecule has 4 rings (SSSR count). The van der Waals surface area contributed by atoms with Gasteiger partial charge in [0.05, 0.1) is 0 Å². The van der Waals surface area contributed by atoms with E-state index in [9.17, 15) is 9.59 Å². The van der Waals surface area contributed by atoms with E-state index in [4.69, 9.17) is 0 Å². The highest BCUT2D eigenvalue weighted by Gasteiger charge is 2.38. The second-order valence-corrected chi connectivity index (χ2v) is 6.70. The van der Waals surface area contributed by atoms with E-state index >= 15 is 0 Å². The van der Waals surface area contributed by atoms with Gasteiger partial charge in [0.25, 0.3) is 5.91 Å². The van der Waals surface area contributed by atoms with Gasteiger partial charge in [-0.05, 0) is 19.1 Å². The highest BCUT2D eigenvalue weighted by molar-refractivity contribution is 6.10. The Kier molecular flexibility index (Phi) is 4.35. The average molecular weight is 363 g/mol. The molecule has 2 amide bonds. The first kappa shape index (κ1) is 17.2. The summed E-state index contributed by atoms with van der Waals surface area (Å²) in [5.74, 6) is 0.454. The molecule has 27 heavy (non-hydrogen) atoms. The Bertz CT molecular complexity index is 855. The molecule has 0 radical (unpaired) electrons. The number of aromatic nitrogens is 2. The van der Waals surface area contributed by atoms with Crippen molar-refractivity contribution in [1.82, 2.24) is 19.8 Å². The number of anilines is 1. The molecule has 1 aromatic heterocycles. The number of hydrogen-bond acceptors (Lipinski definition) is 5. The van der Waals surface area contributed by atoms with E-state index in [1.165, 1.54) is 4.90 Å². The van der Waals surface area contributed by atoms with Crippen molar-refractivity contribution >= 4 is 23.5 Å². The number of carbonyl (C=O) groups excluding carboxylic acids is 2. The third-order valence-electron chi connectivity index (χ3n) is 5.15. The first-order valence-corrected chi connectivity index (χ1v) is 9.00. The van der Waals surface area contributed by atoms with Gasteiger partial charge in [-0.1, -0.05) is 24.8 Å². The maximum absolute atomic E-state index is 13.0. The number of rotatable bonds is 3. The van der Waals surface area contributed by atoms with Gasteiger partial charge in [0.2, 0.25) is 11.9 Å². The smallest absolute Gasteiger partial charge is 0.259 e. The lowest BCUT2D eigenvalue weighted by molar-refractivity contribution is -0.134. The number of piperazine rings is 1. The minimum Gasteiger partial charge on any atom is -0.337 e. The summed E-state index contributed by atoms with van der Waals surface area (Å²) in [6, 6.07) is 8.53. The van der Waals surface area contributed by atoms with Crippen LogP contribution < -0.4 is 4.90 Å². The van der Waals surface area contributed by atoms with Crippen LogP contribution in [0, 0.1) is 0 Å². The summed E-state index contributed by atoms with van der Waals surface area (Å²) >= 11 is 0. The van der Waals surface area contributed by atoms with E-state index in [2.05, 4.69) is 21.4 Å². The monoisotopic (exact) mass is 363 g/mol. The number of carbonyl (C=O) groups is 2. The summed E-state index contributed by atoms with van der Waals surface area (Å²) in [5.41, 5.74) is 1.99. The van der Waals surface area contributed by atoms with Gasteiger partial charge in [0.1, 0.15) is 6.04 Å². The van der Waals surface area contributed by atoms with Crippen LogP contribution in [-0.2, 0) is 4.79 Å². The lowest BCUT2D eigenvalue weighted by Crippen LogP contribution is -2.54. The fraction of sp³-hybridized carbons (Fsp3) is 0.300. The Hall–Kier alpha value is -3.22. The first-order chi connectivity index (χ1) is 13.1. The second kappa shape index (κ2) is 6.83. The van der Waals surface area contributed by atoms with Crippen LogP contribution in [-0.4, -0.2) is 63.8 Å². The summed E-state index contributed by atoms with van der Waals surface area (Å²) in [7, 11) is 0. The Balaban J connectivity index is 1.44. The quantitative estimate of drug-likeness (QED) is 0.829. The van der Waals surface area contributed by atoms with Crippen LogP contribution in [0.1, 0.15) is 22.8 Å². The molecule has 1 atom stereocenters. The van der Waals surface area contributed by atoms with E-state index in [-0.39, 0.29) is 11.8 Å². The van der Waals surface area contributed by atoms with E-state index in [0.29, 0.717) is 43.4 Å². The molecule has 1 aromatic carbocycles. The highest BCUT2D eigenvalue weighted by atomic mass is 16.2. The van der Waals surface area contributed by atoms with Crippen molar-refractivity contribution in [3.8, 4) is 0 Å². The van der Waals surface area contributed by atoms with Gasteiger partial charge in [-0.25, -0.2) is 9.97 Å². The lowest BCUT2D eigenvalue weighted by atomic mass is 10.1. The van der Waals surface area contributed by atoms with Crippen LogP contribution in [0.5, 0.6) is 0 Å². The molecule has 138 valence electrons. The van der Waals surface area contributed by atoms with Crippen LogP contribution in [0.25, 0.3) is 5.70 Å². The van der Waals surface area contributed by atoms with Gasteiger partial charge in [-0.2, -0.15) is 0 Å². The molecular formula is C20H21N5O2. The SMILES string of the molecule is C=C1c2ccccc2C(=O)N1[C@@H](C)C(=O)N1CCN(c2ncccn2)CC1. The van der Waals surface area contributed by atoms with E-state index in [1.807, 2.05) is 18.2 Å². The van der Waals surface area contributed by atoms with Crippen LogP contribution >= 0.6 is 0 Å². The molecule has 0 aliphatic carbocycles. The van der Waals surface area contributed by atoms with Crippen molar-refractivity contribution in [2.45, 2.75) is 13.0 Å². The van der Waals surface area contributed by atoms with Gasteiger partial charge in [-0.15, -0.1) is 0 Å². The molecule has 7 heteroatoms. The van der Waals surface area contributed by atoms with Crippen LogP contribution in [0.4, 0.5) is 5.95 Å². The topological polar surface area (TPSA) is 69.6 Å². The van der Waals surface area contributed by atoms with Gasteiger partial charge >= 0.3 is 0 Å². The zero-order chi connectivity index (χ0) is 19.0. The normalized spacial score (nSPS) is 17.9. The third-order valence-corrected chi connectivity index (χ3v) is 5.15. The molecule has 0 saturated carbocycles. The molecule has 7 nitrogen and oxygen atoms in total. The Morgan fingerprint density at radius 3 is 2.30 bits per heavy atom. The number of hydrogen-bond donors (Lipinski definition) is 0. The Morgan fingerprint density at radius 1 is 1.04 bits per heavy atom. The molecule has 2 aliphatic rings. The Morgan fingerprint density at radius 2 is 1.67 bits per heavy atom. The minimum absolute atomic E-state index is 0.0639. The average Bonchev–Trinajstić information content (AvgIpc) is 2.98. The zero-order valence-electron chi connectivity index (χ0n) is 15.2. The third kappa shape index (κ3) is 2.95. The van der Waals surface area contributed by atoms with Gasteiger partial charge in [-0.3, -0.25) is 14.5 Å². The molecule has 0 unspecified atom stereocenters. The minimum atomic E-state index is -0.586. The van der Waals surface area contributed by atoms with Crippen molar-refractivity contribution in [1.29, 1.82) is 0 Å². The van der Waals surface area contributed by atoms with Gasteiger partial charge < -0.3 is 9.80 Å². The number of nitrogens with zero attached hydrogens (tertiary/aromatic N) is 5. The molecule has 0 spiro atoms. The summed E-state index contributed by atoms with van der Waals surface area (Å²) in [6.45, 7) is 8.28. The molecule has 3 heterocycles. The summed E-state index contributed by atoms with van der Waals surface area (Å²) in [4.78, 5) is 39.6.